The molecule has 24 heavy (non-hydrogen) atoms. The van der Waals surface area contributed by atoms with Crippen LogP contribution in [0.3, 0.4) is 0 Å². The van der Waals surface area contributed by atoms with Crippen LogP contribution in [-0.2, 0) is 17.6 Å². The number of nitrogens with zero attached hydrogens (tertiary/aromatic N) is 1. The molecule has 0 atom stereocenters. The number of aryl methyl sites for hydroxylation is 1. The maximum atomic E-state index is 11.9. The number of amides is 1. The molecule has 0 saturated heterocycles. The number of furan rings is 1. The van der Waals surface area contributed by atoms with Crippen molar-refractivity contribution in [1.82, 2.24) is 4.98 Å². The lowest BCUT2D eigenvalue weighted by Crippen LogP contribution is -2.11. The number of nitrogens with one attached hydrogen (secondary N) is 1. The fourth-order valence-electron chi connectivity index (χ4n) is 2.19. The van der Waals surface area contributed by atoms with E-state index < -0.39 is 0 Å². The zero-order valence-electron chi connectivity index (χ0n) is 12.6. The molecule has 3 rings (SSSR count). The quantitative estimate of drug-likeness (QED) is 0.638. The van der Waals surface area contributed by atoms with Crippen molar-refractivity contribution in [3.05, 3.63) is 69.0 Å². The number of benzene rings is 1. The van der Waals surface area contributed by atoms with E-state index in [-0.39, 0.29) is 5.91 Å². The number of hydrogen-bond acceptors (Lipinski definition) is 4. The van der Waals surface area contributed by atoms with Gasteiger partial charge in [-0.25, -0.2) is 4.98 Å². The fourth-order valence-corrected chi connectivity index (χ4v) is 3.42. The molecule has 0 aliphatic carbocycles. The van der Waals surface area contributed by atoms with Crippen molar-refractivity contribution < 1.29 is 9.21 Å². The van der Waals surface area contributed by atoms with Crippen LogP contribution in [0.2, 0.25) is 10.0 Å². The summed E-state index contributed by atoms with van der Waals surface area (Å²) in [7, 11) is 0. The molecule has 0 bridgehead atoms. The molecular weight excluding hydrogens is 367 g/mol. The van der Waals surface area contributed by atoms with Gasteiger partial charge in [0.05, 0.1) is 6.26 Å². The summed E-state index contributed by atoms with van der Waals surface area (Å²) in [6.07, 6.45) is 4.88. The molecule has 1 amide bonds. The number of aromatic nitrogens is 1. The van der Waals surface area contributed by atoms with Crippen molar-refractivity contribution in [3.63, 3.8) is 0 Å². The normalized spacial score (nSPS) is 10.8. The fraction of sp³-hybridized carbons (Fsp3) is 0.176. The van der Waals surface area contributed by atoms with Gasteiger partial charge in [-0.2, -0.15) is 0 Å². The van der Waals surface area contributed by atoms with Crippen LogP contribution in [0, 0.1) is 0 Å². The number of rotatable bonds is 6. The molecule has 0 fully saturated rings. The monoisotopic (exact) mass is 380 g/mol. The van der Waals surface area contributed by atoms with Gasteiger partial charge in [-0.05, 0) is 35.9 Å². The minimum Gasteiger partial charge on any atom is -0.469 e. The summed E-state index contributed by atoms with van der Waals surface area (Å²) in [6, 6.07) is 9.03. The number of anilines is 1. The lowest BCUT2D eigenvalue weighted by Gasteiger charge is -2.02. The summed E-state index contributed by atoms with van der Waals surface area (Å²) in [5, 5.41) is 4.69. The Balaban J connectivity index is 1.57. The van der Waals surface area contributed by atoms with Gasteiger partial charge in [0.1, 0.15) is 5.76 Å². The van der Waals surface area contributed by atoms with E-state index in [0.29, 0.717) is 34.4 Å². The molecule has 1 N–H and O–H groups in total. The van der Waals surface area contributed by atoms with Crippen LogP contribution >= 0.6 is 34.5 Å². The molecule has 7 heteroatoms. The zero-order valence-corrected chi connectivity index (χ0v) is 14.9. The van der Waals surface area contributed by atoms with E-state index in [4.69, 9.17) is 27.6 Å². The first-order chi connectivity index (χ1) is 11.6. The molecule has 0 saturated carbocycles. The van der Waals surface area contributed by atoms with E-state index in [9.17, 15) is 4.79 Å². The topological polar surface area (TPSA) is 55.1 Å². The smallest absolute Gasteiger partial charge is 0.226 e. The van der Waals surface area contributed by atoms with Crippen LogP contribution < -0.4 is 5.32 Å². The summed E-state index contributed by atoms with van der Waals surface area (Å²) in [4.78, 5) is 17.2. The lowest BCUT2D eigenvalue weighted by atomic mass is 10.1. The Bertz CT molecular complexity index is 831. The van der Waals surface area contributed by atoms with Crippen molar-refractivity contribution in [2.45, 2.75) is 19.3 Å². The van der Waals surface area contributed by atoms with Crippen LogP contribution in [0.15, 0.2) is 47.2 Å². The van der Waals surface area contributed by atoms with Crippen molar-refractivity contribution in [2.75, 3.05) is 5.32 Å². The number of halogens is 2. The second-order valence-corrected chi connectivity index (χ2v) is 7.13. The number of hydrogen-bond donors (Lipinski definition) is 1. The van der Waals surface area contributed by atoms with Gasteiger partial charge in [-0.15, -0.1) is 11.3 Å². The van der Waals surface area contributed by atoms with E-state index in [1.54, 1.807) is 30.7 Å². The van der Waals surface area contributed by atoms with Crippen LogP contribution in [0.25, 0.3) is 0 Å². The van der Waals surface area contributed by atoms with Crippen molar-refractivity contribution >= 4 is 45.6 Å². The molecule has 1 aromatic carbocycles. The third-order valence-corrected chi connectivity index (χ3v) is 4.87. The summed E-state index contributed by atoms with van der Waals surface area (Å²) in [6.45, 7) is 0. The SMILES string of the molecule is O=C(CCc1ccco1)Nc1ncc(Cc2cc(Cl)ccc2Cl)s1. The average molecular weight is 381 g/mol. The van der Waals surface area contributed by atoms with Crippen molar-refractivity contribution in [3.8, 4) is 0 Å². The van der Waals surface area contributed by atoms with Crippen LogP contribution in [0.5, 0.6) is 0 Å². The molecule has 4 nitrogen and oxygen atoms in total. The maximum absolute atomic E-state index is 11.9. The van der Waals surface area contributed by atoms with Crippen molar-refractivity contribution in [1.29, 1.82) is 0 Å². The van der Waals surface area contributed by atoms with Gasteiger partial charge < -0.3 is 9.73 Å². The van der Waals surface area contributed by atoms with Crippen LogP contribution in [-0.4, -0.2) is 10.9 Å². The number of thiazole rings is 1. The molecule has 0 spiro atoms. The van der Waals surface area contributed by atoms with E-state index in [2.05, 4.69) is 10.3 Å². The second-order valence-electron chi connectivity index (χ2n) is 5.17. The van der Waals surface area contributed by atoms with E-state index in [1.165, 1.54) is 11.3 Å². The van der Waals surface area contributed by atoms with Gasteiger partial charge in [-0.1, -0.05) is 23.2 Å². The summed E-state index contributed by atoms with van der Waals surface area (Å²) >= 11 is 13.6. The summed E-state index contributed by atoms with van der Waals surface area (Å²) < 4.78 is 5.21. The largest absolute Gasteiger partial charge is 0.469 e. The minimum atomic E-state index is -0.0897. The number of carbonyl (C=O) groups excluding carboxylic acids is 1. The summed E-state index contributed by atoms with van der Waals surface area (Å²) in [5.41, 5.74) is 0.934. The number of carbonyl (C=O) groups is 1. The zero-order chi connectivity index (χ0) is 16.9. The van der Waals surface area contributed by atoms with E-state index in [0.717, 1.165) is 16.2 Å². The highest BCUT2D eigenvalue weighted by Crippen LogP contribution is 2.27. The van der Waals surface area contributed by atoms with Crippen LogP contribution in [0.4, 0.5) is 5.13 Å². The molecule has 3 aromatic rings. The van der Waals surface area contributed by atoms with E-state index in [1.807, 2.05) is 12.1 Å². The van der Waals surface area contributed by atoms with Gasteiger partial charge in [-0.3, -0.25) is 4.79 Å². The molecule has 0 aliphatic rings. The molecule has 0 aliphatic heterocycles. The highest BCUT2D eigenvalue weighted by molar-refractivity contribution is 7.15. The highest BCUT2D eigenvalue weighted by atomic mass is 35.5. The third kappa shape index (κ3) is 4.60. The Hall–Kier alpha value is -1.82. The molecular formula is C17H14Cl2N2O2S. The Morgan fingerprint density at radius 2 is 2.17 bits per heavy atom. The Kier molecular flexibility index (Phi) is 5.56. The predicted octanol–water partition coefficient (Wildman–Crippen LogP) is 5.21. The summed E-state index contributed by atoms with van der Waals surface area (Å²) in [5.74, 6) is 0.702. The first kappa shape index (κ1) is 17.0. The van der Waals surface area contributed by atoms with E-state index >= 15 is 0 Å². The Morgan fingerprint density at radius 1 is 1.29 bits per heavy atom. The highest BCUT2D eigenvalue weighted by Gasteiger charge is 2.10. The first-order valence-electron chi connectivity index (χ1n) is 7.31. The average Bonchev–Trinajstić information content (AvgIpc) is 3.21. The van der Waals surface area contributed by atoms with Crippen LogP contribution in [0.1, 0.15) is 22.6 Å². The van der Waals surface area contributed by atoms with Gasteiger partial charge in [0.25, 0.3) is 0 Å². The molecule has 2 aromatic heterocycles. The van der Waals surface area contributed by atoms with Gasteiger partial charge in [0.2, 0.25) is 5.91 Å². The Morgan fingerprint density at radius 3 is 2.96 bits per heavy atom. The van der Waals surface area contributed by atoms with Gasteiger partial charge in [0, 0.05) is 40.4 Å². The second kappa shape index (κ2) is 7.83. The maximum Gasteiger partial charge on any atom is 0.226 e. The molecule has 2 heterocycles. The molecule has 0 unspecified atom stereocenters. The molecule has 124 valence electrons. The predicted molar refractivity (Wildman–Crippen MR) is 97.0 cm³/mol. The Labute approximate surface area is 153 Å². The molecule has 0 radical (unpaired) electrons. The third-order valence-electron chi connectivity index (χ3n) is 3.35. The van der Waals surface area contributed by atoms with Crippen molar-refractivity contribution in [2.24, 2.45) is 0 Å². The minimum absolute atomic E-state index is 0.0897. The standard InChI is InChI=1S/C17H14Cl2N2O2S/c18-12-3-5-15(19)11(8-12)9-14-10-20-17(24-14)21-16(22)6-4-13-2-1-7-23-13/h1-3,5,7-8,10H,4,6,9H2,(H,20,21,22). The lowest BCUT2D eigenvalue weighted by molar-refractivity contribution is -0.116. The van der Waals surface area contributed by atoms with Gasteiger partial charge in [0.15, 0.2) is 5.13 Å². The van der Waals surface area contributed by atoms with Gasteiger partial charge >= 0.3 is 0 Å². The first-order valence-corrected chi connectivity index (χ1v) is 8.88.